The first-order valence-corrected chi connectivity index (χ1v) is 6.43. The van der Waals surface area contributed by atoms with Gasteiger partial charge in [-0.1, -0.05) is 13.0 Å². The quantitative estimate of drug-likeness (QED) is 0.596. The summed E-state index contributed by atoms with van der Waals surface area (Å²) in [6.45, 7) is 2.99. The number of anilines is 1. The molecule has 1 unspecified atom stereocenters. The molecule has 1 saturated carbocycles. The van der Waals surface area contributed by atoms with E-state index in [0.29, 0.717) is 24.8 Å². The molecule has 1 atom stereocenters. The molecule has 18 heavy (non-hydrogen) atoms. The van der Waals surface area contributed by atoms with Gasteiger partial charge in [-0.3, -0.25) is 4.79 Å². The third kappa shape index (κ3) is 3.65. The number of nitrogens with one attached hydrogen (secondary N) is 1. The van der Waals surface area contributed by atoms with Gasteiger partial charge in [0.25, 0.3) is 0 Å². The maximum absolute atomic E-state index is 11.7. The molecule has 1 aliphatic carbocycles. The summed E-state index contributed by atoms with van der Waals surface area (Å²) in [5.74, 6) is 1.60. The zero-order valence-corrected chi connectivity index (χ0v) is 10.7. The van der Waals surface area contributed by atoms with Crippen LogP contribution < -0.4 is 15.8 Å². The van der Waals surface area contributed by atoms with E-state index in [1.807, 2.05) is 25.1 Å². The summed E-state index contributed by atoms with van der Waals surface area (Å²) in [7, 11) is 0. The molecule has 0 aliphatic heterocycles. The summed E-state index contributed by atoms with van der Waals surface area (Å²) in [6.07, 6.45) is 2.38. The molecule has 3 N–H and O–H groups in total. The van der Waals surface area contributed by atoms with Crippen molar-refractivity contribution in [3.63, 3.8) is 0 Å². The summed E-state index contributed by atoms with van der Waals surface area (Å²) in [5, 5.41) is 2.89. The van der Waals surface area contributed by atoms with Crippen LogP contribution in [-0.2, 0) is 4.79 Å². The normalized spacial score (nSPS) is 16.1. The predicted octanol–water partition coefficient (Wildman–Crippen LogP) is 1.81. The summed E-state index contributed by atoms with van der Waals surface area (Å²) < 4.78 is 5.50. The number of carbonyl (C=O) groups excluding carboxylic acids is 1. The second kappa shape index (κ2) is 5.76. The standard InChI is InChI=1S/C14H20N2O2/c1-10(11-5-6-11)14(17)16-7-8-18-13-4-2-3-12(15)9-13/h2-4,9-11H,5-8,15H2,1H3,(H,16,17). The summed E-state index contributed by atoms with van der Waals surface area (Å²) in [4.78, 5) is 11.7. The van der Waals surface area contributed by atoms with Crippen molar-refractivity contribution >= 4 is 11.6 Å². The maximum atomic E-state index is 11.7. The highest BCUT2D eigenvalue weighted by molar-refractivity contribution is 5.78. The highest BCUT2D eigenvalue weighted by atomic mass is 16.5. The Balaban J connectivity index is 1.65. The van der Waals surface area contributed by atoms with Gasteiger partial charge in [-0.2, -0.15) is 0 Å². The topological polar surface area (TPSA) is 64.3 Å². The lowest BCUT2D eigenvalue weighted by molar-refractivity contribution is -0.125. The van der Waals surface area contributed by atoms with Crippen LogP contribution in [0.4, 0.5) is 5.69 Å². The number of carbonyl (C=O) groups is 1. The molecular weight excluding hydrogens is 228 g/mol. The molecule has 4 heteroatoms. The molecular formula is C14H20N2O2. The van der Waals surface area contributed by atoms with E-state index >= 15 is 0 Å². The van der Waals surface area contributed by atoms with Crippen LogP contribution in [0.3, 0.4) is 0 Å². The smallest absolute Gasteiger partial charge is 0.223 e. The van der Waals surface area contributed by atoms with E-state index in [4.69, 9.17) is 10.5 Å². The highest BCUT2D eigenvalue weighted by Crippen LogP contribution is 2.36. The van der Waals surface area contributed by atoms with Crippen molar-refractivity contribution in [2.45, 2.75) is 19.8 Å². The molecule has 1 aromatic rings. The van der Waals surface area contributed by atoms with E-state index in [9.17, 15) is 4.79 Å². The van der Waals surface area contributed by atoms with E-state index < -0.39 is 0 Å². The zero-order chi connectivity index (χ0) is 13.0. The molecule has 1 amide bonds. The fourth-order valence-corrected chi connectivity index (χ4v) is 1.92. The Morgan fingerprint density at radius 3 is 3.00 bits per heavy atom. The fraction of sp³-hybridized carbons (Fsp3) is 0.500. The predicted molar refractivity (Wildman–Crippen MR) is 71.2 cm³/mol. The fourth-order valence-electron chi connectivity index (χ4n) is 1.92. The van der Waals surface area contributed by atoms with Crippen molar-refractivity contribution in [3.05, 3.63) is 24.3 Å². The Labute approximate surface area is 108 Å². The van der Waals surface area contributed by atoms with Gasteiger partial charge in [0, 0.05) is 17.7 Å². The molecule has 4 nitrogen and oxygen atoms in total. The van der Waals surface area contributed by atoms with Crippen LogP contribution in [0.1, 0.15) is 19.8 Å². The first kappa shape index (κ1) is 12.7. The van der Waals surface area contributed by atoms with Crippen LogP contribution in [0.25, 0.3) is 0 Å². The lowest BCUT2D eigenvalue weighted by Crippen LogP contribution is -2.33. The van der Waals surface area contributed by atoms with E-state index in [0.717, 1.165) is 5.75 Å². The van der Waals surface area contributed by atoms with Crippen LogP contribution in [0, 0.1) is 11.8 Å². The lowest BCUT2D eigenvalue weighted by Gasteiger charge is -2.11. The minimum absolute atomic E-state index is 0.133. The van der Waals surface area contributed by atoms with Crippen LogP contribution >= 0.6 is 0 Å². The van der Waals surface area contributed by atoms with Gasteiger partial charge in [0.05, 0.1) is 6.54 Å². The average molecular weight is 248 g/mol. The van der Waals surface area contributed by atoms with Gasteiger partial charge in [-0.05, 0) is 30.9 Å². The summed E-state index contributed by atoms with van der Waals surface area (Å²) in [6, 6.07) is 7.28. The average Bonchev–Trinajstić information content (AvgIpc) is 3.17. The molecule has 0 bridgehead atoms. The van der Waals surface area contributed by atoms with Gasteiger partial charge in [0.1, 0.15) is 12.4 Å². The monoisotopic (exact) mass is 248 g/mol. The van der Waals surface area contributed by atoms with Crippen molar-refractivity contribution in [2.24, 2.45) is 11.8 Å². The van der Waals surface area contributed by atoms with Gasteiger partial charge in [0.15, 0.2) is 0 Å². The summed E-state index contributed by atoms with van der Waals surface area (Å²) >= 11 is 0. The van der Waals surface area contributed by atoms with E-state index in [-0.39, 0.29) is 11.8 Å². The van der Waals surface area contributed by atoms with Crippen molar-refractivity contribution in [2.75, 3.05) is 18.9 Å². The Kier molecular flexibility index (Phi) is 4.07. The second-order valence-corrected chi connectivity index (χ2v) is 4.84. The number of benzene rings is 1. The Morgan fingerprint density at radius 2 is 2.33 bits per heavy atom. The van der Waals surface area contributed by atoms with E-state index in [1.54, 1.807) is 6.07 Å². The Bertz CT molecular complexity index is 416. The minimum atomic E-state index is 0.133. The van der Waals surface area contributed by atoms with Crippen LogP contribution in [0.2, 0.25) is 0 Å². The van der Waals surface area contributed by atoms with E-state index in [1.165, 1.54) is 12.8 Å². The number of ether oxygens (including phenoxy) is 1. The van der Waals surface area contributed by atoms with Gasteiger partial charge in [-0.25, -0.2) is 0 Å². The van der Waals surface area contributed by atoms with Crippen LogP contribution in [-0.4, -0.2) is 19.1 Å². The number of nitrogen functional groups attached to an aromatic ring is 1. The zero-order valence-electron chi connectivity index (χ0n) is 10.7. The molecule has 0 saturated heterocycles. The van der Waals surface area contributed by atoms with E-state index in [2.05, 4.69) is 5.32 Å². The summed E-state index contributed by atoms with van der Waals surface area (Å²) in [5.41, 5.74) is 6.32. The maximum Gasteiger partial charge on any atom is 0.223 e. The minimum Gasteiger partial charge on any atom is -0.492 e. The first-order chi connectivity index (χ1) is 8.66. The first-order valence-electron chi connectivity index (χ1n) is 6.43. The lowest BCUT2D eigenvalue weighted by atomic mass is 10.1. The van der Waals surface area contributed by atoms with Crippen molar-refractivity contribution in [3.8, 4) is 5.75 Å². The molecule has 1 fully saturated rings. The second-order valence-electron chi connectivity index (χ2n) is 4.84. The molecule has 0 radical (unpaired) electrons. The molecule has 0 aromatic heterocycles. The molecule has 0 heterocycles. The van der Waals surface area contributed by atoms with Crippen LogP contribution in [0.15, 0.2) is 24.3 Å². The van der Waals surface area contributed by atoms with Gasteiger partial charge >= 0.3 is 0 Å². The number of hydrogen-bond acceptors (Lipinski definition) is 3. The molecule has 1 aliphatic rings. The number of rotatable bonds is 6. The van der Waals surface area contributed by atoms with Gasteiger partial charge in [-0.15, -0.1) is 0 Å². The van der Waals surface area contributed by atoms with Crippen molar-refractivity contribution in [1.82, 2.24) is 5.32 Å². The Hall–Kier alpha value is -1.71. The molecule has 98 valence electrons. The number of nitrogens with two attached hydrogens (primary N) is 1. The Morgan fingerprint density at radius 1 is 1.56 bits per heavy atom. The van der Waals surface area contributed by atoms with Crippen molar-refractivity contribution < 1.29 is 9.53 Å². The highest BCUT2D eigenvalue weighted by Gasteiger charge is 2.32. The third-order valence-electron chi connectivity index (χ3n) is 3.27. The molecule has 1 aromatic carbocycles. The molecule has 0 spiro atoms. The number of hydrogen-bond donors (Lipinski definition) is 2. The van der Waals surface area contributed by atoms with Gasteiger partial charge in [0.2, 0.25) is 5.91 Å². The van der Waals surface area contributed by atoms with Gasteiger partial charge < -0.3 is 15.8 Å². The van der Waals surface area contributed by atoms with Crippen molar-refractivity contribution in [1.29, 1.82) is 0 Å². The van der Waals surface area contributed by atoms with Crippen LogP contribution in [0.5, 0.6) is 5.75 Å². The third-order valence-corrected chi connectivity index (χ3v) is 3.27. The number of amides is 1. The largest absolute Gasteiger partial charge is 0.492 e. The SMILES string of the molecule is CC(C(=O)NCCOc1cccc(N)c1)C1CC1. The molecule has 2 rings (SSSR count).